The Kier molecular flexibility index (Phi) is 9.02. The Morgan fingerprint density at radius 2 is 1.58 bits per heavy atom. The molecule has 0 rings (SSSR count). The van der Waals surface area contributed by atoms with Gasteiger partial charge in [-0.05, 0) is 18.8 Å². The Bertz CT molecular complexity index is 81.1. The lowest BCUT2D eigenvalue weighted by molar-refractivity contribution is -0.368. The molecule has 0 heterocycles. The first-order chi connectivity index (χ1) is 5.81. The van der Waals surface area contributed by atoms with Crippen LogP contribution in [0.3, 0.4) is 0 Å². The Labute approximate surface area is 77.7 Å². The smallest absolute Gasteiger partial charge is 0.0739 e. The molecule has 1 unspecified atom stereocenters. The molecule has 0 aromatic carbocycles. The van der Waals surface area contributed by atoms with Crippen LogP contribution in [0.15, 0.2) is 0 Å². The van der Waals surface area contributed by atoms with E-state index in [4.69, 9.17) is 0 Å². The van der Waals surface area contributed by atoms with Crippen molar-refractivity contribution in [2.45, 2.75) is 58.8 Å². The first kappa shape index (κ1) is 12.0. The zero-order valence-corrected chi connectivity index (χ0v) is 8.94. The first-order valence-corrected chi connectivity index (χ1v) is 5.60. The fraction of sp³-hybridized carbons (Fsp3) is 1.00. The highest BCUT2D eigenvalue weighted by atomic mass is 14.5. The van der Waals surface area contributed by atoms with E-state index in [-0.39, 0.29) is 0 Å². The normalized spacial score (nSPS) is 13.2. The van der Waals surface area contributed by atoms with Crippen molar-refractivity contribution in [2.24, 2.45) is 5.92 Å². The third kappa shape index (κ3) is 8.06. The number of rotatable bonds is 8. The lowest BCUT2D eigenvalue weighted by atomic mass is 10.0. The highest BCUT2D eigenvalue weighted by Gasteiger charge is 1.97. The van der Waals surface area contributed by atoms with E-state index in [1.807, 2.05) is 0 Å². The van der Waals surface area contributed by atoms with Gasteiger partial charge in [-0.2, -0.15) is 0 Å². The molecule has 0 aliphatic heterocycles. The van der Waals surface area contributed by atoms with Gasteiger partial charge in [-0.3, -0.25) is 0 Å². The molecule has 0 aliphatic rings. The SMILES string of the molecule is CCC(C)CCCCCCC[NH3+]. The number of hydrogen-bond donors (Lipinski definition) is 1. The van der Waals surface area contributed by atoms with E-state index in [2.05, 4.69) is 19.6 Å². The Hall–Kier alpha value is -0.0400. The van der Waals surface area contributed by atoms with Gasteiger partial charge in [0.1, 0.15) is 0 Å². The molecular formula is C11H26N+. The van der Waals surface area contributed by atoms with E-state index >= 15 is 0 Å². The number of quaternary nitrogens is 1. The maximum atomic E-state index is 3.84. The molecule has 0 saturated carbocycles. The maximum absolute atomic E-state index is 3.84. The van der Waals surface area contributed by atoms with Crippen LogP contribution in [0, 0.1) is 5.92 Å². The summed E-state index contributed by atoms with van der Waals surface area (Å²) in [5.74, 6) is 0.942. The van der Waals surface area contributed by atoms with Gasteiger partial charge in [-0.1, -0.05) is 46.0 Å². The van der Waals surface area contributed by atoms with Crippen molar-refractivity contribution >= 4 is 0 Å². The van der Waals surface area contributed by atoms with E-state index in [1.54, 1.807) is 0 Å². The summed E-state index contributed by atoms with van der Waals surface area (Å²) in [4.78, 5) is 0. The van der Waals surface area contributed by atoms with Crippen molar-refractivity contribution < 1.29 is 5.73 Å². The molecule has 12 heavy (non-hydrogen) atoms. The molecule has 1 nitrogen and oxygen atoms in total. The van der Waals surface area contributed by atoms with Crippen LogP contribution in [0.5, 0.6) is 0 Å². The summed E-state index contributed by atoms with van der Waals surface area (Å²) in [6.45, 7) is 5.76. The third-order valence-electron chi connectivity index (χ3n) is 2.64. The van der Waals surface area contributed by atoms with E-state index in [0.717, 1.165) is 12.5 Å². The van der Waals surface area contributed by atoms with Crippen LogP contribution in [0.2, 0.25) is 0 Å². The molecular weight excluding hydrogens is 146 g/mol. The molecule has 0 aromatic heterocycles. The largest absolute Gasteiger partial charge is 0.358 e. The van der Waals surface area contributed by atoms with Crippen LogP contribution in [0.25, 0.3) is 0 Å². The monoisotopic (exact) mass is 172 g/mol. The van der Waals surface area contributed by atoms with Crippen LogP contribution in [0.1, 0.15) is 58.8 Å². The summed E-state index contributed by atoms with van der Waals surface area (Å²) in [6.07, 6.45) is 9.79. The quantitative estimate of drug-likeness (QED) is 0.545. The topological polar surface area (TPSA) is 27.6 Å². The summed E-state index contributed by atoms with van der Waals surface area (Å²) >= 11 is 0. The lowest BCUT2D eigenvalue weighted by Gasteiger charge is -2.06. The van der Waals surface area contributed by atoms with Gasteiger partial charge in [0.15, 0.2) is 0 Å². The Balaban J connectivity index is 2.90. The highest BCUT2D eigenvalue weighted by molar-refractivity contribution is 4.51. The van der Waals surface area contributed by atoms with Gasteiger partial charge in [-0.15, -0.1) is 0 Å². The third-order valence-corrected chi connectivity index (χ3v) is 2.64. The fourth-order valence-corrected chi connectivity index (χ4v) is 1.40. The second-order valence-corrected chi connectivity index (χ2v) is 3.92. The second kappa shape index (κ2) is 9.05. The summed E-state index contributed by atoms with van der Waals surface area (Å²) in [5, 5.41) is 0. The van der Waals surface area contributed by atoms with Gasteiger partial charge in [-0.25, -0.2) is 0 Å². The van der Waals surface area contributed by atoms with Crippen LogP contribution in [0.4, 0.5) is 0 Å². The van der Waals surface area contributed by atoms with Gasteiger partial charge < -0.3 is 5.73 Å². The molecule has 0 radical (unpaired) electrons. The number of hydrogen-bond acceptors (Lipinski definition) is 0. The van der Waals surface area contributed by atoms with Crippen molar-refractivity contribution in [1.82, 2.24) is 0 Å². The molecule has 0 fully saturated rings. The van der Waals surface area contributed by atoms with Gasteiger partial charge in [0.05, 0.1) is 6.54 Å². The average molecular weight is 172 g/mol. The van der Waals surface area contributed by atoms with Crippen molar-refractivity contribution in [3.8, 4) is 0 Å². The van der Waals surface area contributed by atoms with Gasteiger partial charge in [0, 0.05) is 0 Å². The molecule has 0 spiro atoms. The predicted octanol–water partition coefficient (Wildman–Crippen LogP) is 2.61. The minimum absolute atomic E-state index is 0.942. The average Bonchev–Trinajstić information content (AvgIpc) is 2.10. The standard InChI is InChI=1S/C11H25N/c1-3-11(2)9-7-5-4-6-8-10-12/h11H,3-10,12H2,1-2H3/p+1. The summed E-state index contributed by atoms with van der Waals surface area (Å²) < 4.78 is 0. The lowest BCUT2D eigenvalue weighted by Crippen LogP contribution is -2.50. The molecule has 0 aromatic rings. The molecule has 0 amide bonds. The summed E-state index contributed by atoms with van der Waals surface area (Å²) in [6, 6.07) is 0. The van der Waals surface area contributed by atoms with E-state index in [0.29, 0.717) is 0 Å². The fourth-order valence-electron chi connectivity index (χ4n) is 1.40. The van der Waals surface area contributed by atoms with Gasteiger partial charge in [0.25, 0.3) is 0 Å². The Morgan fingerprint density at radius 1 is 1.00 bits per heavy atom. The minimum Gasteiger partial charge on any atom is -0.358 e. The predicted molar refractivity (Wildman–Crippen MR) is 54.9 cm³/mol. The van der Waals surface area contributed by atoms with Crippen molar-refractivity contribution in [1.29, 1.82) is 0 Å². The molecule has 0 bridgehead atoms. The summed E-state index contributed by atoms with van der Waals surface area (Å²) in [5.41, 5.74) is 3.84. The van der Waals surface area contributed by atoms with Crippen LogP contribution < -0.4 is 5.73 Å². The van der Waals surface area contributed by atoms with Crippen LogP contribution in [-0.4, -0.2) is 6.54 Å². The molecule has 74 valence electrons. The first-order valence-electron chi connectivity index (χ1n) is 5.60. The maximum Gasteiger partial charge on any atom is 0.0739 e. The van der Waals surface area contributed by atoms with Gasteiger partial charge in [0.2, 0.25) is 0 Å². The van der Waals surface area contributed by atoms with Crippen molar-refractivity contribution in [3.63, 3.8) is 0 Å². The van der Waals surface area contributed by atoms with E-state index < -0.39 is 0 Å². The zero-order valence-electron chi connectivity index (χ0n) is 8.94. The summed E-state index contributed by atoms with van der Waals surface area (Å²) in [7, 11) is 0. The second-order valence-electron chi connectivity index (χ2n) is 3.92. The number of unbranched alkanes of at least 4 members (excludes halogenated alkanes) is 4. The van der Waals surface area contributed by atoms with Gasteiger partial charge >= 0.3 is 0 Å². The van der Waals surface area contributed by atoms with Crippen LogP contribution in [-0.2, 0) is 0 Å². The minimum atomic E-state index is 0.942. The van der Waals surface area contributed by atoms with E-state index in [9.17, 15) is 0 Å². The highest BCUT2D eigenvalue weighted by Crippen LogP contribution is 2.13. The van der Waals surface area contributed by atoms with Crippen LogP contribution >= 0.6 is 0 Å². The molecule has 1 atom stereocenters. The molecule has 1 heteroatoms. The molecule has 3 N–H and O–H groups in total. The zero-order chi connectivity index (χ0) is 9.23. The van der Waals surface area contributed by atoms with Crippen molar-refractivity contribution in [2.75, 3.05) is 6.54 Å². The van der Waals surface area contributed by atoms with E-state index in [1.165, 1.54) is 44.9 Å². The molecule has 0 saturated heterocycles. The van der Waals surface area contributed by atoms with Crippen molar-refractivity contribution in [3.05, 3.63) is 0 Å². The molecule has 0 aliphatic carbocycles. The Morgan fingerprint density at radius 3 is 2.17 bits per heavy atom.